The Morgan fingerprint density at radius 1 is 1.09 bits per heavy atom. The largest absolute Gasteiger partial charge is 0.354 e. The van der Waals surface area contributed by atoms with Gasteiger partial charge in [0.2, 0.25) is 21.8 Å². The molecule has 0 aliphatic carbocycles. The predicted octanol–water partition coefficient (Wildman–Crippen LogP) is 4.56. The molecule has 9 heteroatoms. The summed E-state index contributed by atoms with van der Waals surface area (Å²) in [6.07, 6.45) is 2.44. The van der Waals surface area contributed by atoms with E-state index < -0.39 is 16.1 Å². The van der Waals surface area contributed by atoms with Crippen LogP contribution in [-0.4, -0.2) is 50.5 Å². The lowest BCUT2D eigenvalue weighted by molar-refractivity contribution is -0.140. The van der Waals surface area contributed by atoms with Crippen LogP contribution in [0.1, 0.15) is 49.8 Å². The summed E-state index contributed by atoms with van der Waals surface area (Å²) < 4.78 is 27.4. The minimum absolute atomic E-state index is 0.124. The quantitative estimate of drug-likeness (QED) is 0.408. The van der Waals surface area contributed by atoms with Gasteiger partial charge in [-0.1, -0.05) is 47.1 Å². The number of halogens is 1. The number of hydrogen-bond donors (Lipinski definition) is 1. The monoisotopic (exact) mass is 565 g/mol. The van der Waals surface area contributed by atoms with E-state index in [-0.39, 0.29) is 24.8 Å². The van der Waals surface area contributed by atoms with E-state index in [0.717, 1.165) is 27.6 Å². The summed E-state index contributed by atoms with van der Waals surface area (Å²) in [6, 6.07) is 12.6. The smallest absolute Gasteiger partial charge is 0.242 e. The highest BCUT2D eigenvalue weighted by atomic mass is 79.9. The van der Waals surface area contributed by atoms with E-state index in [4.69, 9.17) is 0 Å². The van der Waals surface area contributed by atoms with E-state index in [1.165, 1.54) is 10.6 Å². The van der Waals surface area contributed by atoms with Gasteiger partial charge in [0, 0.05) is 30.5 Å². The molecule has 192 valence electrons. The van der Waals surface area contributed by atoms with Crippen LogP contribution in [0, 0.1) is 13.8 Å². The van der Waals surface area contributed by atoms with Crippen LogP contribution in [0.25, 0.3) is 0 Å². The highest BCUT2D eigenvalue weighted by Gasteiger charge is 2.26. The van der Waals surface area contributed by atoms with Gasteiger partial charge in [-0.3, -0.25) is 13.9 Å². The molecule has 2 aromatic carbocycles. The maximum Gasteiger partial charge on any atom is 0.242 e. The standard InChI is InChI=1S/C26H36BrN3O4S/c1-6-15-28-26(32)21(4)29(18-22-11-13-23(27)14-12-22)25(31)8-7-16-30(35(5,33)34)24-17-19(2)9-10-20(24)3/h9-14,17,21H,6-8,15-16,18H2,1-5H3,(H,28,32)/t21-/m0/s1. The first-order valence-electron chi connectivity index (χ1n) is 11.8. The van der Waals surface area contributed by atoms with Crippen LogP contribution in [-0.2, 0) is 26.2 Å². The molecule has 0 unspecified atom stereocenters. The molecule has 2 amide bonds. The van der Waals surface area contributed by atoms with E-state index in [0.29, 0.717) is 25.2 Å². The van der Waals surface area contributed by atoms with Crippen molar-refractivity contribution in [3.8, 4) is 0 Å². The van der Waals surface area contributed by atoms with Gasteiger partial charge in [0.05, 0.1) is 11.9 Å². The highest BCUT2D eigenvalue weighted by molar-refractivity contribution is 9.10. The molecule has 0 saturated heterocycles. The first kappa shape index (κ1) is 28.8. The predicted molar refractivity (Wildman–Crippen MR) is 145 cm³/mol. The number of carbonyl (C=O) groups excluding carboxylic acids is 2. The van der Waals surface area contributed by atoms with Crippen molar-refractivity contribution in [3.05, 3.63) is 63.6 Å². The summed E-state index contributed by atoms with van der Waals surface area (Å²) in [5, 5.41) is 2.86. The first-order chi connectivity index (χ1) is 16.4. The van der Waals surface area contributed by atoms with Crippen LogP contribution in [0.3, 0.4) is 0 Å². The van der Waals surface area contributed by atoms with Gasteiger partial charge < -0.3 is 10.2 Å². The number of anilines is 1. The molecule has 7 nitrogen and oxygen atoms in total. The summed E-state index contributed by atoms with van der Waals surface area (Å²) in [7, 11) is -3.53. The molecule has 0 radical (unpaired) electrons. The van der Waals surface area contributed by atoms with Crippen LogP contribution in [0.4, 0.5) is 5.69 Å². The molecule has 0 saturated carbocycles. The van der Waals surface area contributed by atoms with Crippen molar-refractivity contribution in [2.75, 3.05) is 23.7 Å². The van der Waals surface area contributed by atoms with Gasteiger partial charge in [0.1, 0.15) is 6.04 Å². The Balaban J connectivity index is 2.18. The molecule has 1 atom stereocenters. The Morgan fingerprint density at radius 3 is 2.34 bits per heavy atom. The van der Waals surface area contributed by atoms with Gasteiger partial charge in [0.25, 0.3) is 0 Å². The number of benzene rings is 2. The van der Waals surface area contributed by atoms with Crippen molar-refractivity contribution >= 4 is 43.5 Å². The topological polar surface area (TPSA) is 86.8 Å². The van der Waals surface area contributed by atoms with Crippen molar-refractivity contribution in [2.24, 2.45) is 0 Å². The molecule has 0 aliphatic heterocycles. The Morgan fingerprint density at radius 2 is 1.74 bits per heavy atom. The SMILES string of the molecule is CCCNC(=O)[C@H](C)N(Cc1ccc(Br)cc1)C(=O)CCCN(c1cc(C)ccc1C)S(C)(=O)=O. The Labute approximate surface area is 218 Å². The van der Waals surface area contributed by atoms with Crippen LogP contribution >= 0.6 is 15.9 Å². The van der Waals surface area contributed by atoms with E-state index >= 15 is 0 Å². The summed E-state index contributed by atoms with van der Waals surface area (Å²) in [5.41, 5.74) is 3.34. The van der Waals surface area contributed by atoms with Gasteiger partial charge in [-0.2, -0.15) is 0 Å². The van der Waals surface area contributed by atoms with Crippen LogP contribution in [0.5, 0.6) is 0 Å². The van der Waals surface area contributed by atoms with Crippen molar-refractivity contribution in [1.29, 1.82) is 0 Å². The van der Waals surface area contributed by atoms with Gasteiger partial charge >= 0.3 is 0 Å². The fraction of sp³-hybridized carbons (Fsp3) is 0.462. The number of nitrogens with one attached hydrogen (secondary N) is 1. The summed E-state index contributed by atoms with van der Waals surface area (Å²) in [4.78, 5) is 27.5. The zero-order chi connectivity index (χ0) is 26.2. The molecule has 0 bridgehead atoms. The molecular formula is C26H36BrN3O4S. The number of sulfonamides is 1. The molecule has 0 heterocycles. The molecule has 0 spiro atoms. The van der Waals surface area contributed by atoms with Gasteiger partial charge in [-0.25, -0.2) is 8.42 Å². The molecule has 2 aromatic rings. The minimum Gasteiger partial charge on any atom is -0.354 e. The highest BCUT2D eigenvalue weighted by Crippen LogP contribution is 2.25. The summed E-state index contributed by atoms with van der Waals surface area (Å²) in [6.45, 7) is 8.49. The van der Waals surface area contributed by atoms with E-state index in [9.17, 15) is 18.0 Å². The normalized spacial score (nSPS) is 12.2. The Kier molecular flexibility index (Phi) is 10.8. The van der Waals surface area contributed by atoms with Crippen LogP contribution < -0.4 is 9.62 Å². The lowest BCUT2D eigenvalue weighted by atomic mass is 10.1. The molecule has 0 aromatic heterocycles. The number of carbonyl (C=O) groups is 2. The van der Waals surface area contributed by atoms with E-state index in [1.807, 2.05) is 63.2 Å². The summed E-state index contributed by atoms with van der Waals surface area (Å²) in [5.74, 6) is -0.396. The average molecular weight is 567 g/mol. The molecule has 35 heavy (non-hydrogen) atoms. The van der Waals surface area contributed by atoms with E-state index in [2.05, 4.69) is 21.2 Å². The first-order valence-corrected chi connectivity index (χ1v) is 14.4. The number of aryl methyl sites for hydroxylation is 2. The maximum absolute atomic E-state index is 13.3. The van der Waals surface area contributed by atoms with Gasteiger partial charge in [-0.05, 0) is 68.5 Å². The minimum atomic E-state index is -3.53. The number of hydrogen-bond acceptors (Lipinski definition) is 4. The Hall–Kier alpha value is -2.39. The second-order valence-corrected chi connectivity index (χ2v) is 11.7. The number of nitrogens with zero attached hydrogens (tertiary/aromatic N) is 2. The lowest BCUT2D eigenvalue weighted by Gasteiger charge is -2.29. The fourth-order valence-corrected chi connectivity index (χ4v) is 5.01. The van der Waals surface area contributed by atoms with Crippen LogP contribution in [0.2, 0.25) is 0 Å². The molecule has 0 fully saturated rings. The second kappa shape index (κ2) is 13.1. The zero-order valence-electron chi connectivity index (χ0n) is 21.2. The van der Waals surface area contributed by atoms with Gasteiger partial charge in [0.15, 0.2) is 0 Å². The van der Waals surface area contributed by atoms with Crippen molar-refractivity contribution in [1.82, 2.24) is 10.2 Å². The third kappa shape index (κ3) is 8.65. The molecule has 0 aliphatic rings. The van der Waals surface area contributed by atoms with Crippen LogP contribution in [0.15, 0.2) is 46.9 Å². The number of rotatable bonds is 12. The van der Waals surface area contributed by atoms with E-state index in [1.54, 1.807) is 11.8 Å². The molecular weight excluding hydrogens is 530 g/mol. The fourth-order valence-electron chi connectivity index (χ4n) is 3.74. The van der Waals surface area contributed by atoms with Crippen molar-refractivity contribution in [3.63, 3.8) is 0 Å². The van der Waals surface area contributed by atoms with Crippen molar-refractivity contribution < 1.29 is 18.0 Å². The summed E-state index contributed by atoms with van der Waals surface area (Å²) >= 11 is 3.42. The second-order valence-electron chi connectivity index (χ2n) is 8.84. The van der Waals surface area contributed by atoms with Gasteiger partial charge in [-0.15, -0.1) is 0 Å². The Bertz CT molecular complexity index is 1120. The molecule has 2 rings (SSSR count). The third-order valence-corrected chi connectivity index (χ3v) is 7.48. The molecule has 1 N–H and O–H groups in total. The lowest BCUT2D eigenvalue weighted by Crippen LogP contribution is -2.47. The number of amides is 2. The zero-order valence-corrected chi connectivity index (χ0v) is 23.6. The maximum atomic E-state index is 13.3. The van der Waals surface area contributed by atoms with Crippen molar-refractivity contribution in [2.45, 2.75) is 59.5 Å². The third-order valence-electron chi connectivity index (χ3n) is 5.77. The average Bonchev–Trinajstić information content (AvgIpc) is 2.80.